The minimum atomic E-state index is -0.622. The van der Waals surface area contributed by atoms with Crippen molar-refractivity contribution in [1.29, 1.82) is 0 Å². The Morgan fingerprint density at radius 2 is 2.14 bits per heavy atom. The number of benzene rings is 1. The number of anilines is 1. The molecule has 4 aromatic rings. The van der Waals surface area contributed by atoms with Crippen molar-refractivity contribution in [3.63, 3.8) is 0 Å². The monoisotopic (exact) mass is 429 g/mol. The van der Waals surface area contributed by atoms with E-state index in [-0.39, 0.29) is 17.9 Å². The Kier molecular flexibility index (Phi) is 5.41. The largest absolute Gasteiger partial charge is 0.486 e. The van der Waals surface area contributed by atoms with Crippen molar-refractivity contribution in [2.75, 3.05) is 5.32 Å². The highest BCUT2D eigenvalue weighted by molar-refractivity contribution is 7.16. The number of hydrogen-bond acceptors (Lipinski definition) is 7. The molecule has 0 unspecified atom stereocenters. The lowest BCUT2D eigenvalue weighted by atomic mass is 10.2. The topological polar surface area (TPSA) is 77.2 Å². The van der Waals surface area contributed by atoms with Gasteiger partial charge < -0.3 is 9.26 Å². The number of thiophene rings is 1. The summed E-state index contributed by atoms with van der Waals surface area (Å²) in [5.74, 6) is -0.379. The molecule has 9 heteroatoms. The van der Waals surface area contributed by atoms with Gasteiger partial charge in [-0.2, -0.15) is 0 Å². The number of carbonyl (C=O) groups is 1. The van der Waals surface area contributed by atoms with Crippen molar-refractivity contribution in [2.24, 2.45) is 0 Å². The van der Waals surface area contributed by atoms with Crippen LogP contribution in [0.1, 0.15) is 27.4 Å². The van der Waals surface area contributed by atoms with E-state index in [2.05, 4.69) is 15.5 Å². The number of halogens is 1. The second-order valence-corrected chi connectivity index (χ2v) is 8.01. The van der Waals surface area contributed by atoms with Crippen LogP contribution < -0.4 is 10.1 Å². The van der Waals surface area contributed by atoms with Crippen molar-refractivity contribution >= 4 is 33.7 Å². The number of hydrogen-bond donors (Lipinski definition) is 1. The van der Waals surface area contributed by atoms with Crippen molar-refractivity contribution in [3.8, 4) is 16.3 Å². The second-order valence-electron chi connectivity index (χ2n) is 6.21. The van der Waals surface area contributed by atoms with Gasteiger partial charge in [-0.05, 0) is 43.5 Å². The zero-order valence-corrected chi connectivity index (χ0v) is 17.2. The number of ether oxygens (including phenoxy) is 1. The first-order valence-electron chi connectivity index (χ1n) is 8.66. The zero-order chi connectivity index (χ0) is 20.4. The number of rotatable bonds is 6. The fourth-order valence-corrected chi connectivity index (χ4v) is 4.12. The second kappa shape index (κ2) is 8.14. The van der Waals surface area contributed by atoms with Crippen LogP contribution in [-0.4, -0.2) is 16.0 Å². The van der Waals surface area contributed by atoms with E-state index in [1.165, 1.54) is 23.5 Å². The molecular formula is C20H16FN3O3S2. The minimum absolute atomic E-state index is 0.0516. The number of amides is 1. The van der Waals surface area contributed by atoms with Crippen molar-refractivity contribution in [1.82, 2.24) is 10.1 Å². The third kappa shape index (κ3) is 4.20. The predicted molar refractivity (Wildman–Crippen MR) is 110 cm³/mol. The smallest absolute Gasteiger partial charge is 0.257 e. The summed E-state index contributed by atoms with van der Waals surface area (Å²) in [6.07, 6.45) is 0. The van der Waals surface area contributed by atoms with Crippen LogP contribution in [0.15, 0.2) is 45.6 Å². The Labute approximate surface area is 174 Å². The number of nitrogens with one attached hydrogen (secondary N) is 1. The van der Waals surface area contributed by atoms with E-state index in [9.17, 15) is 9.18 Å². The normalized spacial score (nSPS) is 10.9. The summed E-state index contributed by atoms with van der Waals surface area (Å²) < 4.78 is 25.0. The molecule has 0 aliphatic heterocycles. The molecule has 3 heterocycles. The molecule has 0 fully saturated rings. The molecule has 148 valence electrons. The third-order valence-corrected chi connectivity index (χ3v) is 5.90. The van der Waals surface area contributed by atoms with E-state index >= 15 is 0 Å². The first-order valence-corrected chi connectivity index (χ1v) is 10.4. The maximum absolute atomic E-state index is 14.4. The van der Waals surface area contributed by atoms with Crippen LogP contribution in [0.2, 0.25) is 0 Å². The van der Waals surface area contributed by atoms with Gasteiger partial charge in [0.15, 0.2) is 16.7 Å². The summed E-state index contributed by atoms with van der Waals surface area (Å²) >= 11 is 2.89. The Morgan fingerprint density at radius 1 is 1.28 bits per heavy atom. The van der Waals surface area contributed by atoms with Crippen LogP contribution >= 0.6 is 22.7 Å². The summed E-state index contributed by atoms with van der Waals surface area (Å²) in [6.45, 7) is 3.70. The van der Waals surface area contributed by atoms with Crippen molar-refractivity contribution < 1.29 is 18.4 Å². The summed E-state index contributed by atoms with van der Waals surface area (Å²) in [4.78, 5) is 17.9. The molecule has 3 aromatic heterocycles. The van der Waals surface area contributed by atoms with E-state index in [1.807, 2.05) is 22.9 Å². The van der Waals surface area contributed by atoms with Crippen molar-refractivity contribution in [2.45, 2.75) is 20.5 Å². The fourth-order valence-electron chi connectivity index (χ4n) is 2.65. The molecule has 0 atom stereocenters. The van der Waals surface area contributed by atoms with Gasteiger partial charge >= 0.3 is 0 Å². The van der Waals surface area contributed by atoms with Crippen LogP contribution in [0.5, 0.6) is 5.75 Å². The van der Waals surface area contributed by atoms with Gasteiger partial charge in [0.1, 0.15) is 12.4 Å². The quantitative estimate of drug-likeness (QED) is 0.441. The Bertz CT molecular complexity index is 1130. The lowest BCUT2D eigenvalue weighted by Gasteiger charge is -2.08. The molecule has 0 aliphatic rings. The summed E-state index contributed by atoms with van der Waals surface area (Å²) in [5, 5.41) is 10.8. The number of carbonyl (C=O) groups excluding carboxylic acids is 1. The van der Waals surface area contributed by atoms with Crippen LogP contribution in [0.4, 0.5) is 9.52 Å². The van der Waals surface area contributed by atoms with Crippen LogP contribution in [0.25, 0.3) is 10.6 Å². The zero-order valence-electron chi connectivity index (χ0n) is 15.6. The summed E-state index contributed by atoms with van der Waals surface area (Å²) in [6, 6.07) is 7.99. The molecule has 1 N–H and O–H groups in total. The molecule has 4 rings (SSSR count). The average Bonchev–Trinajstić information content (AvgIpc) is 3.44. The van der Waals surface area contributed by atoms with E-state index in [1.54, 1.807) is 25.2 Å². The lowest BCUT2D eigenvalue weighted by molar-refractivity contribution is 0.102. The maximum Gasteiger partial charge on any atom is 0.257 e. The van der Waals surface area contributed by atoms with Gasteiger partial charge in [0, 0.05) is 10.9 Å². The lowest BCUT2D eigenvalue weighted by Crippen LogP contribution is -2.12. The maximum atomic E-state index is 14.4. The highest BCUT2D eigenvalue weighted by Gasteiger charge is 2.15. The molecule has 1 amide bonds. The molecule has 0 radical (unpaired) electrons. The highest BCUT2D eigenvalue weighted by atomic mass is 32.1. The van der Waals surface area contributed by atoms with E-state index < -0.39 is 11.7 Å². The Morgan fingerprint density at radius 3 is 2.83 bits per heavy atom. The Hall–Kier alpha value is -3.04. The molecule has 0 bridgehead atoms. The Balaban J connectivity index is 1.42. The summed E-state index contributed by atoms with van der Waals surface area (Å²) in [5.41, 5.74) is 2.45. The molecule has 1 aromatic carbocycles. The van der Waals surface area contributed by atoms with Gasteiger partial charge in [-0.1, -0.05) is 11.2 Å². The highest BCUT2D eigenvalue weighted by Crippen LogP contribution is 2.29. The van der Waals surface area contributed by atoms with E-state index in [0.29, 0.717) is 16.6 Å². The van der Waals surface area contributed by atoms with E-state index in [4.69, 9.17) is 9.26 Å². The summed E-state index contributed by atoms with van der Waals surface area (Å²) in [7, 11) is 0. The van der Waals surface area contributed by atoms with E-state index in [0.717, 1.165) is 22.2 Å². The molecular weight excluding hydrogens is 413 g/mol. The van der Waals surface area contributed by atoms with Gasteiger partial charge in [0.25, 0.3) is 5.91 Å². The van der Waals surface area contributed by atoms with Gasteiger partial charge in [-0.15, -0.1) is 22.7 Å². The molecule has 0 aliphatic carbocycles. The number of thiazole rings is 1. The predicted octanol–water partition coefficient (Wildman–Crippen LogP) is 5.45. The van der Waals surface area contributed by atoms with Gasteiger partial charge in [0.2, 0.25) is 0 Å². The number of aromatic nitrogens is 2. The molecule has 0 spiro atoms. The van der Waals surface area contributed by atoms with Crippen LogP contribution in [-0.2, 0) is 6.61 Å². The third-order valence-electron chi connectivity index (χ3n) is 4.25. The number of aryl methyl sites for hydroxylation is 2. The van der Waals surface area contributed by atoms with Gasteiger partial charge in [0.05, 0.1) is 21.8 Å². The molecule has 0 saturated heterocycles. The standard InChI is InChI=1S/C20H16FN3O3S2/c1-11-14(12(2)27-24-11)9-26-17-6-5-13(8-15(17)21)19(25)23-20-22-16(10-29-20)18-4-3-7-28-18/h3-8,10H,9H2,1-2H3,(H,22,23,25). The molecule has 0 saturated carbocycles. The van der Waals surface area contributed by atoms with Gasteiger partial charge in [-0.3, -0.25) is 10.1 Å². The van der Waals surface area contributed by atoms with Crippen LogP contribution in [0, 0.1) is 19.7 Å². The molecule has 29 heavy (non-hydrogen) atoms. The number of nitrogens with zero attached hydrogens (tertiary/aromatic N) is 2. The fraction of sp³-hybridized carbons (Fsp3) is 0.150. The van der Waals surface area contributed by atoms with Crippen LogP contribution in [0.3, 0.4) is 0 Å². The SMILES string of the molecule is Cc1noc(C)c1COc1ccc(C(=O)Nc2nc(-c3cccs3)cs2)cc1F. The first-order chi connectivity index (χ1) is 14.0. The van der Waals surface area contributed by atoms with Gasteiger partial charge in [-0.25, -0.2) is 9.37 Å². The first kappa shape index (κ1) is 19.3. The molecule has 6 nitrogen and oxygen atoms in total. The average molecular weight is 429 g/mol. The van der Waals surface area contributed by atoms with Crippen molar-refractivity contribution in [3.05, 3.63) is 69.5 Å². The minimum Gasteiger partial charge on any atom is -0.486 e.